The lowest BCUT2D eigenvalue weighted by atomic mass is 9.72. The van der Waals surface area contributed by atoms with Gasteiger partial charge >= 0.3 is 15.4 Å². The Morgan fingerprint density at radius 3 is 1.56 bits per heavy atom. The molecule has 0 radical (unpaired) electrons. The molecule has 0 heterocycles. The lowest BCUT2D eigenvalue weighted by Crippen LogP contribution is -2.35. The van der Waals surface area contributed by atoms with Crippen LogP contribution < -0.4 is 15.4 Å². The van der Waals surface area contributed by atoms with Gasteiger partial charge < -0.3 is 30.0 Å². The van der Waals surface area contributed by atoms with E-state index >= 15 is 0 Å². The number of phenolic OH excluding ortho intramolecular Hbond substituents is 1. The quantitative estimate of drug-likeness (QED) is 0.129. The number of rotatable bonds is 11. The molecule has 8 nitrogen and oxygen atoms in total. The van der Waals surface area contributed by atoms with Gasteiger partial charge in [0, 0.05) is 13.1 Å². The molecule has 0 fully saturated rings. The fraction of sp³-hybridized carbons (Fsp3) is 0.395. The molecule has 0 bridgehead atoms. The Morgan fingerprint density at radius 1 is 0.691 bits per heavy atom. The van der Waals surface area contributed by atoms with Crippen LogP contribution >= 0.6 is 47.3 Å². The zero-order valence-corrected chi connectivity index (χ0v) is 36.6. The highest BCUT2D eigenvalue weighted by molar-refractivity contribution is 9.69. The molecule has 0 aromatic heterocycles. The van der Waals surface area contributed by atoms with Gasteiger partial charge in [0.2, 0.25) is 0 Å². The first-order valence-corrected chi connectivity index (χ1v) is 21.7. The van der Waals surface area contributed by atoms with Crippen molar-refractivity contribution in [1.29, 1.82) is 0 Å². The third-order valence-corrected chi connectivity index (χ3v) is 10.2. The molecular formula is C43H52BBr3N2O6. The number of nitrogens with one attached hydrogen (secondary N) is 2. The first-order valence-electron chi connectivity index (χ1n) is 18.9. The predicted octanol–water partition coefficient (Wildman–Crippen LogP) is 10.5. The van der Waals surface area contributed by atoms with Gasteiger partial charge in [-0.15, -0.1) is 47.3 Å². The zero-order valence-electron chi connectivity index (χ0n) is 31.8. The molecule has 4 aromatic rings. The van der Waals surface area contributed by atoms with E-state index < -0.39 is 0 Å². The van der Waals surface area contributed by atoms with Crippen molar-refractivity contribution in [2.24, 2.45) is 11.8 Å². The summed E-state index contributed by atoms with van der Waals surface area (Å²) in [6.45, 7) is 5.61. The Balaban J connectivity index is 0.000000223. The highest BCUT2D eigenvalue weighted by atomic mass is 79.9. The van der Waals surface area contributed by atoms with E-state index in [2.05, 4.69) is 106 Å². The molecule has 2 amide bonds. The van der Waals surface area contributed by atoms with Gasteiger partial charge in [0.15, 0.2) is 0 Å². The Kier molecular flexibility index (Phi) is 19.0. The first-order chi connectivity index (χ1) is 26.6. The molecule has 4 aromatic carbocycles. The maximum Gasteiger partial charge on any atom is 0.407 e. The van der Waals surface area contributed by atoms with Crippen molar-refractivity contribution < 1.29 is 28.9 Å². The summed E-state index contributed by atoms with van der Waals surface area (Å²) in [5, 5.41) is 15.8. The Hall–Kier alpha value is -3.48. The average molecular weight is 943 g/mol. The molecule has 2 aliphatic carbocycles. The van der Waals surface area contributed by atoms with Crippen LogP contribution in [0.2, 0.25) is 0 Å². The largest absolute Gasteiger partial charge is 0.508 e. The number of carbonyl (C=O) groups is 2. The molecule has 0 saturated carbocycles. The minimum atomic E-state index is -0.359. The topological polar surface area (TPSA) is 106 Å². The Bertz CT molecular complexity index is 1770. The van der Waals surface area contributed by atoms with Gasteiger partial charge in [-0.2, -0.15) is 0 Å². The van der Waals surface area contributed by atoms with E-state index in [1.54, 1.807) is 20.1 Å². The number of hydrogen-bond acceptors (Lipinski definition) is 6. The maximum absolute atomic E-state index is 11.7. The SMILES string of the molecule is BrB(Br)Br.CCOC(=O)NCC1CCc2ccc(O)cc2C1Cc1ccccc1.CCOC(=O)NCC1CCc2ccc(OC)cc2C1Cc1ccccc1. The summed E-state index contributed by atoms with van der Waals surface area (Å²) in [5.74, 6) is 2.49. The second-order valence-electron chi connectivity index (χ2n) is 13.6. The van der Waals surface area contributed by atoms with Crippen molar-refractivity contribution in [2.45, 2.75) is 64.2 Å². The van der Waals surface area contributed by atoms with E-state index in [4.69, 9.17) is 14.2 Å². The number of aromatic hydroxyl groups is 1. The molecule has 55 heavy (non-hydrogen) atoms. The number of phenols is 1. The number of aryl methyl sites for hydroxylation is 2. The Labute approximate surface area is 351 Å². The number of benzene rings is 4. The molecule has 294 valence electrons. The predicted molar refractivity (Wildman–Crippen MR) is 233 cm³/mol. The summed E-state index contributed by atoms with van der Waals surface area (Å²) >= 11 is 9.31. The monoisotopic (exact) mass is 940 g/mol. The van der Waals surface area contributed by atoms with Crippen LogP contribution in [0.1, 0.15) is 71.9 Å². The van der Waals surface area contributed by atoms with E-state index in [1.807, 2.05) is 49.4 Å². The van der Waals surface area contributed by atoms with Gasteiger partial charge in [-0.1, -0.05) is 72.8 Å². The molecule has 2 aliphatic rings. The second kappa shape index (κ2) is 23.6. The van der Waals surface area contributed by atoms with Crippen molar-refractivity contribution in [1.82, 2.24) is 10.6 Å². The minimum Gasteiger partial charge on any atom is -0.508 e. The normalized spacial score (nSPS) is 18.0. The van der Waals surface area contributed by atoms with Gasteiger partial charge in [-0.25, -0.2) is 9.59 Å². The van der Waals surface area contributed by atoms with Crippen molar-refractivity contribution in [2.75, 3.05) is 33.4 Å². The molecule has 6 rings (SSSR count). The number of ether oxygens (including phenoxy) is 3. The zero-order chi connectivity index (χ0) is 39.6. The number of alkyl carbamates (subject to hydrolysis) is 2. The summed E-state index contributed by atoms with van der Waals surface area (Å²) in [6.07, 6.45) is 5.23. The number of carbonyl (C=O) groups excluding carboxylic acids is 2. The van der Waals surface area contributed by atoms with Crippen LogP contribution in [-0.4, -0.2) is 53.9 Å². The molecule has 4 atom stereocenters. The van der Waals surface area contributed by atoms with Crippen LogP contribution in [-0.2, 0) is 35.2 Å². The average Bonchev–Trinajstić information content (AvgIpc) is 3.18. The number of halogens is 3. The summed E-state index contributed by atoms with van der Waals surface area (Å²) < 4.78 is 15.7. The van der Waals surface area contributed by atoms with E-state index in [0.29, 0.717) is 49.8 Å². The van der Waals surface area contributed by atoms with E-state index in [-0.39, 0.29) is 21.3 Å². The fourth-order valence-electron chi connectivity index (χ4n) is 7.59. The highest BCUT2D eigenvalue weighted by Crippen LogP contribution is 2.41. The van der Waals surface area contributed by atoms with Crippen molar-refractivity contribution in [3.8, 4) is 11.5 Å². The summed E-state index contributed by atoms with van der Waals surface area (Å²) in [5.41, 5.74) is 7.81. The van der Waals surface area contributed by atoms with Crippen LogP contribution in [0.15, 0.2) is 97.1 Å². The van der Waals surface area contributed by atoms with Crippen molar-refractivity contribution in [3.63, 3.8) is 0 Å². The smallest absolute Gasteiger partial charge is 0.407 e. The van der Waals surface area contributed by atoms with E-state index in [0.717, 1.165) is 44.3 Å². The van der Waals surface area contributed by atoms with Gasteiger partial charge in [-0.3, -0.25) is 0 Å². The molecule has 0 saturated heterocycles. The second-order valence-corrected chi connectivity index (χ2v) is 20.0. The number of fused-ring (bicyclic) bond motifs is 2. The molecule has 4 unspecified atom stereocenters. The number of methoxy groups -OCH3 is 1. The Morgan fingerprint density at radius 2 is 1.13 bits per heavy atom. The highest BCUT2D eigenvalue weighted by Gasteiger charge is 2.32. The van der Waals surface area contributed by atoms with Crippen LogP contribution in [0.25, 0.3) is 0 Å². The van der Waals surface area contributed by atoms with Crippen LogP contribution in [0.3, 0.4) is 0 Å². The minimum absolute atomic E-state index is 0.264. The number of amides is 2. The summed E-state index contributed by atoms with van der Waals surface area (Å²) in [7, 11) is 1.70. The third kappa shape index (κ3) is 14.5. The standard InChI is InChI=1S/C22H27NO3.C21H25NO3.BBr3/c1-3-26-22(24)23-15-18-10-9-17-11-12-19(25-2)14-21(17)20(18)13-16-7-5-4-6-8-16;1-2-25-21(24)22-14-17-9-8-16-10-11-18(23)13-20(16)19(17)12-15-6-4-3-5-7-15;2-1(3)4/h4-8,11-12,14,18,20H,3,9-10,13,15H2,1-2H3,(H,23,24);3-7,10-11,13,17,19,23H,2,8-9,12,14H2,1H3,(H,22,24);. The summed E-state index contributed by atoms with van der Waals surface area (Å²) in [6, 6.07) is 33.0. The van der Waals surface area contributed by atoms with Gasteiger partial charge in [0.05, 0.1) is 20.3 Å². The fourth-order valence-corrected chi connectivity index (χ4v) is 7.59. The molecule has 0 spiro atoms. The molecule has 12 heteroatoms. The molecule has 3 N–H and O–H groups in total. The van der Waals surface area contributed by atoms with E-state index in [1.165, 1.54) is 33.4 Å². The van der Waals surface area contributed by atoms with Crippen molar-refractivity contribution in [3.05, 3.63) is 130 Å². The van der Waals surface area contributed by atoms with Crippen LogP contribution in [0, 0.1) is 11.8 Å². The maximum atomic E-state index is 11.7. The van der Waals surface area contributed by atoms with Crippen LogP contribution in [0.4, 0.5) is 9.59 Å². The lowest BCUT2D eigenvalue weighted by molar-refractivity contribution is 0.148. The third-order valence-electron chi connectivity index (χ3n) is 10.2. The van der Waals surface area contributed by atoms with Gasteiger partial charge in [0.25, 0.3) is 0 Å². The van der Waals surface area contributed by atoms with Gasteiger partial charge in [-0.05, 0) is 134 Å². The van der Waals surface area contributed by atoms with Crippen LogP contribution in [0.5, 0.6) is 11.5 Å². The van der Waals surface area contributed by atoms with E-state index in [9.17, 15) is 14.7 Å². The molecule has 0 aliphatic heterocycles. The number of hydrogen-bond donors (Lipinski definition) is 3. The van der Waals surface area contributed by atoms with Crippen molar-refractivity contribution >= 4 is 62.6 Å². The first kappa shape index (κ1) is 44.2. The lowest BCUT2D eigenvalue weighted by Gasteiger charge is -2.34. The van der Waals surface area contributed by atoms with Gasteiger partial charge in [0.1, 0.15) is 11.5 Å². The molecular weight excluding hydrogens is 891 g/mol. The summed E-state index contributed by atoms with van der Waals surface area (Å²) in [4.78, 5) is 23.4.